The van der Waals surface area contributed by atoms with Crippen molar-refractivity contribution in [2.75, 3.05) is 0 Å². The zero-order chi connectivity index (χ0) is 9.52. The monoisotopic (exact) mass is 256 g/mol. The fourth-order valence-corrected chi connectivity index (χ4v) is 4.29. The lowest BCUT2D eigenvalue weighted by atomic mass is 9.79. The van der Waals surface area contributed by atoms with Crippen molar-refractivity contribution >= 4 is 31.1 Å². The number of hydrogen-bond donors (Lipinski definition) is 0. The molecule has 0 unspecified atom stereocenters. The molecule has 0 atom stereocenters. The van der Waals surface area contributed by atoms with Crippen molar-refractivity contribution in [3.05, 3.63) is 0 Å². The number of hydrogen-bond acceptors (Lipinski definition) is 0. The second kappa shape index (κ2) is 7.53. The fraction of sp³-hybridized carbons (Fsp3) is 1.00. The Bertz CT molecular complexity index is 119. The van der Waals surface area contributed by atoms with Gasteiger partial charge in [0.1, 0.15) is 0 Å². The number of halogens is 1. The molecule has 0 aliphatic heterocycles. The molecule has 0 aromatic heterocycles. The van der Waals surface area contributed by atoms with Gasteiger partial charge in [-0.05, 0) is 11.8 Å². The van der Waals surface area contributed by atoms with E-state index in [1.165, 1.54) is 49.5 Å². The minimum atomic E-state index is 0.159. The molecule has 1 saturated carbocycles. The van der Waals surface area contributed by atoms with Crippen LogP contribution in [0.15, 0.2) is 0 Å². The smallest absolute Gasteiger partial charge is 0.307 e. The van der Waals surface area contributed by atoms with E-state index in [1.807, 2.05) is 0 Å². The molecule has 0 amide bonds. The Morgan fingerprint density at radius 3 is 2.08 bits per heavy atom. The fourth-order valence-electron chi connectivity index (χ4n) is 2.58. The van der Waals surface area contributed by atoms with Gasteiger partial charge in [0.05, 0.1) is 0 Å². The van der Waals surface area contributed by atoms with E-state index in [2.05, 4.69) is 19.8 Å². The molecular formula is C11H21BrMg. The molecule has 0 nitrogen and oxygen atoms in total. The molecule has 13 heavy (non-hydrogen) atoms. The summed E-state index contributed by atoms with van der Waals surface area (Å²) in [5.41, 5.74) is 0. The summed E-state index contributed by atoms with van der Waals surface area (Å²) < 4.78 is 1.52. The Balaban J connectivity index is 2.08. The predicted octanol–water partition coefficient (Wildman–Crippen LogP) is 4.42. The first-order chi connectivity index (χ1) is 6.36. The average Bonchev–Trinajstić information content (AvgIpc) is 2.17. The topological polar surface area (TPSA) is 0 Å². The summed E-state index contributed by atoms with van der Waals surface area (Å²) in [5, 5.41) is 0. The summed E-state index contributed by atoms with van der Waals surface area (Å²) in [7, 11) is 0. The second-order valence-electron chi connectivity index (χ2n) is 4.51. The molecule has 74 valence electrons. The van der Waals surface area contributed by atoms with Crippen molar-refractivity contribution in [3.8, 4) is 0 Å². The Morgan fingerprint density at radius 1 is 1.08 bits per heavy atom. The van der Waals surface area contributed by atoms with Gasteiger partial charge in [0, 0.05) is 0 Å². The maximum atomic E-state index is 3.65. The van der Waals surface area contributed by atoms with E-state index >= 15 is 0 Å². The second-order valence-corrected chi connectivity index (χ2v) is 7.97. The maximum Gasteiger partial charge on any atom is 0.468 e. The lowest BCUT2D eigenvalue weighted by molar-refractivity contribution is 0.257. The van der Waals surface area contributed by atoms with Crippen LogP contribution in [0.5, 0.6) is 0 Å². The first-order valence-electron chi connectivity index (χ1n) is 5.92. The highest BCUT2D eigenvalue weighted by molar-refractivity contribution is 9.23. The zero-order valence-corrected chi connectivity index (χ0v) is 11.9. The molecule has 0 heterocycles. The van der Waals surface area contributed by atoms with Crippen LogP contribution in [0.25, 0.3) is 0 Å². The molecule has 1 fully saturated rings. The van der Waals surface area contributed by atoms with Gasteiger partial charge in [-0.25, -0.2) is 0 Å². The minimum Gasteiger partial charge on any atom is -0.307 e. The molecular weight excluding hydrogens is 236 g/mol. The van der Waals surface area contributed by atoms with Gasteiger partial charge in [-0.15, -0.1) is 4.55 Å². The summed E-state index contributed by atoms with van der Waals surface area (Å²) in [4.78, 5) is 0. The van der Waals surface area contributed by atoms with Crippen LogP contribution in [0.1, 0.15) is 51.9 Å². The molecule has 1 aliphatic carbocycles. The summed E-state index contributed by atoms with van der Waals surface area (Å²) in [6.45, 7) is 2.32. The van der Waals surface area contributed by atoms with Crippen LogP contribution < -0.4 is 0 Å². The third-order valence-electron chi connectivity index (χ3n) is 3.41. The van der Waals surface area contributed by atoms with Crippen molar-refractivity contribution in [2.24, 2.45) is 11.8 Å². The van der Waals surface area contributed by atoms with Crippen LogP contribution in [0, 0.1) is 11.8 Å². The van der Waals surface area contributed by atoms with Gasteiger partial charge in [0.25, 0.3) is 0 Å². The quantitative estimate of drug-likeness (QED) is 0.640. The molecule has 0 bridgehead atoms. The lowest BCUT2D eigenvalue weighted by Crippen LogP contribution is -2.14. The van der Waals surface area contributed by atoms with E-state index < -0.39 is 0 Å². The molecule has 1 aliphatic rings. The molecule has 0 radical (unpaired) electrons. The first kappa shape index (κ1) is 12.3. The zero-order valence-electron chi connectivity index (χ0n) is 8.90. The largest absolute Gasteiger partial charge is 0.468 e. The number of rotatable bonds is 5. The Kier molecular flexibility index (Phi) is 7.13. The summed E-state index contributed by atoms with van der Waals surface area (Å²) in [6.07, 6.45) is 10.5. The van der Waals surface area contributed by atoms with Crippen molar-refractivity contribution < 1.29 is 0 Å². The maximum absolute atomic E-state index is 3.65. The van der Waals surface area contributed by atoms with Crippen LogP contribution in [0.2, 0.25) is 4.55 Å². The van der Waals surface area contributed by atoms with Crippen molar-refractivity contribution in [3.63, 3.8) is 0 Å². The Hall–Kier alpha value is 1.25. The van der Waals surface area contributed by atoms with Gasteiger partial charge < -0.3 is 12.9 Å². The highest BCUT2D eigenvalue weighted by Crippen LogP contribution is 2.33. The SMILES string of the molecule is CCCC1CCC(C[CH2][Mg][Br])CC1. The van der Waals surface area contributed by atoms with Crippen molar-refractivity contribution in [1.29, 1.82) is 0 Å². The normalized spacial score (nSPS) is 28.5. The van der Waals surface area contributed by atoms with E-state index in [0.717, 1.165) is 11.8 Å². The Morgan fingerprint density at radius 2 is 1.62 bits per heavy atom. The summed E-state index contributed by atoms with van der Waals surface area (Å²) in [5.74, 6) is 2.18. The summed E-state index contributed by atoms with van der Waals surface area (Å²) >= 11 is 3.81. The molecule has 0 aromatic carbocycles. The minimum absolute atomic E-state index is 0.159. The van der Waals surface area contributed by atoms with Crippen LogP contribution in [0.3, 0.4) is 0 Å². The van der Waals surface area contributed by atoms with Gasteiger partial charge >= 0.3 is 18.2 Å². The predicted molar refractivity (Wildman–Crippen MR) is 64.5 cm³/mol. The Labute approximate surface area is 98.8 Å². The van der Waals surface area contributed by atoms with Crippen LogP contribution in [-0.4, -0.2) is 18.2 Å². The molecule has 1 rings (SSSR count). The van der Waals surface area contributed by atoms with Gasteiger partial charge in [-0.1, -0.05) is 51.9 Å². The van der Waals surface area contributed by atoms with Gasteiger partial charge in [0.2, 0.25) is 0 Å². The third-order valence-corrected chi connectivity index (χ3v) is 5.77. The van der Waals surface area contributed by atoms with Gasteiger partial charge in [-0.3, -0.25) is 0 Å². The van der Waals surface area contributed by atoms with E-state index in [0.29, 0.717) is 0 Å². The highest BCUT2D eigenvalue weighted by Gasteiger charge is 2.19. The van der Waals surface area contributed by atoms with E-state index in [9.17, 15) is 0 Å². The molecule has 0 spiro atoms. The molecule has 0 saturated heterocycles. The van der Waals surface area contributed by atoms with Crippen LogP contribution >= 0.6 is 12.9 Å². The van der Waals surface area contributed by atoms with Gasteiger partial charge in [-0.2, -0.15) is 0 Å². The lowest BCUT2D eigenvalue weighted by Gasteiger charge is -2.28. The van der Waals surface area contributed by atoms with Crippen LogP contribution in [-0.2, 0) is 0 Å². The van der Waals surface area contributed by atoms with E-state index in [-0.39, 0.29) is 18.2 Å². The molecule has 0 N–H and O–H groups in total. The average molecular weight is 257 g/mol. The van der Waals surface area contributed by atoms with Crippen LogP contribution in [0.4, 0.5) is 0 Å². The molecule has 2 heteroatoms. The molecule has 0 aromatic rings. The first-order valence-corrected chi connectivity index (χ1v) is 10.8. The van der Waals surface area contributed by atoms with Crippen molar-refractivity contribution in [2.45, 2.75) is 56.4 Å². The van der Waals surface area contributed by atoms with Crippen molar-refractivity contribution in [1.82, 2.24) is 0 Å². The standard InChI is InChI=1S/C11H21.BrH.Mg/c1-3-5-11-8-6-10(4-2)7-9-11;;/h10-11H,2-9H2,1H3;1H;/q;;+1/p-1. The summed E-state index contributed by atoms with van der Waals surface area (Å²) in [6, 6.07) is 0. The van der Waals surface area contributed by atoms with E-state index in [1.54, 1.807) is 0 Å². The van der Waals surface area contributed by atoms with E-state index in [4.69, 9.17) is 0 Å². The van der Waals surface area contributed by atoms with Gasteiger partial charge in [0.15, 0.2) is 0 Å². The highest BCUT2D eigenvalue weighted by atomic mass is 79.9. The third kappa shape index (κ3) is 5.03.